The number of carbonyl (C=O) groups excluding carboxylic acids is 1. The summed E-state index contributed by atoms with van der Waals surface area (Å²) in [4.78, 5) is 27.0. The van der Waals surface area contributed by atoms with E-state index in [1.54, 1.807) is 16.7 Å². The van der Waals surface area contributed by atoms with Gasteiger partial charge in [0.1, 0.15) is 12.3 Å². The Morgan fingerprint density at radius 3 is 2.73 bits per heavy atom. The van der Waals surface area contributed by atoms with Gasteiger partial charge < -0.3 is 10.4 Å². The van der Waals surface area contributed by atoms with Crippen LogP contribution in [-0.4, -0.2) is 20.8 Å². The van der Waals surface area contributed by atoms with Crippen molar-refractivity contribution in [2.75, 3.05) is 5.32 Å². The number of nitrogens with one attached hydrogen (secondary N) is 1. The van der Waals surface area contributed by atoms with Crippen LogP contribution in [0, 0.1) is 17.8 Å². The molecular formula is C25H23BrN2O3S2. The van der Waals surface area contributed by atoms with Crippen molar-refractivity contribution < 1.29 is 9.90 Å². The number of carbonyl (C=O) groups is 1. The molecule has 1 amide bonds. The average molecular weight is 544 g/mol. The van der Waals surface area contributed by atoms with E-state index in [0.717, 1.165) is 14.4 Å². The molecule has 33 heavy (non-hydrogen) atoms. The molecule has 2 aliphatic carbocycles. The lowest BCUT2D eigenvalue weighted by Gasteiger charge is -2.40. The van der Waals surface area contributed by atoms with Gasteiger partial charge in [-0.3, -0.25) is 14.2 Å². The van der Waals surface area contributed by atoms with Gasteiger partial charge in [0.15, 0.2) is 0 Å². The number of thioether (sulfide) groups is 1. The summed E-state index contributed by atoms with van der Waals surface area (Å²) >= 11 is 6.78. The summed E-state index contributed by atoms with van der Waals surface area (Å²) < 4.78 is 2.73. The van der Waals surface area contributed by atoms with Gasteiger partial charge in [0.25, 0.3) is 0 Å². The minimum Gasteiger partial charge on any atom is -0.508 e. The van der Waals surface area contributed by atoms with Crippen LogP contribution in [0.3, 0.4) is 0 Å². The highest BCUT2D eigenvalue weighted by molar-refractivity contribution is 9.10. The van der Waals surface area contributed by atoms with Crippen molar-refractivity contribution in [3.05, 3.63) is 73.1 Å². The van der Waals surface area contributed by atoms with E-state index in [1.807, 2.05) is 17.8 Å². The molecule has 2 saturated carbocycles. The first-order valence-electron chi connectivity index (χ1n) is 11.2. The number of hydrogen-bond donors (Lipinski definition) is 2. The van der Waals surface area contributed by atoms with E-state index in [9.17, 15) is 14.7 Å². The number of anilines is 1. The quantitative estimate of drug-likeness (QED) is 0.416. The third kappa shape index (κ3) is 3.76. The maximum atomic E-state index is 13.1. The molecule has 0 radical (unpaired) electrons. The fourth-order valence-electron chi connectivity index (χ4n) is 6.05. The SMILES string of the molecule is O=C(Cn1c2c(sc1=O)[C@@H](c1cccc(Br)c1)C1C3CCC(C3)C1S2)Nc1ccc(O)cc1. The highest BCUT2D eigenvalue weighted by Crippen LogP contribution is 2.64. The minimum atomic E-state index is -0.238. The molecule has 6 rings (SSSR count). The van der Waals surface area contributed by atoms with Gasteiger partial charge in [-0.05, 0) is 79.0 Å². The van der Waals surface area contributed by atoms with Crippen LogP contribution < -0.4 is 10.2 Å². The predicted molar refractivity (Wildman–Crippen MR) is 135 cm³/mol. The van der Waals surface area contributed by atoms with Crippen molar-refractivity contribution in [1.82, 2.24) is 4.57 Å². The summed E-state index contributed by atoms with van der Waals surface area (Å²) in [7, 11) is 0. The summed E-state index contributed by atoms with van der Waals surface area (Å²) in [6.07, 6.45) is 3.85. The van der Waals surface area contributed by atoms with Crippen LogP contribution >= 0.6 is 39.0 Å². The molecule has 2 bridgehead atoms. The van der Waals surface area contributed by atoms with Gasteiger partial charge in [0.05, 0.1) is 5.03 Å². The molecule has 4 unspecified atom stereocenters. The fraction of sp³-hybridized carbons (Fsp3) is 0.360. The summed E-state index contributed by atoms with van der Waals surface area (Å²) in [5.41, 5.74) is 1.86. The van der Waals surface area contributed by atoms with Crippen LogP contribution in [0.25, 0.3) is 0 Å². The summed E-state index contributed by atoms with van der Waals surface area (Å²) in [6, 6.07) is 14.9. The minimum absolute atomic E-state index is 0.00473. The predicted octanol–water partition coefficient (Wildman–Crippen LogP) is 5.67. The maximum Gasteiger partial charge on any atom is 0.308 e. The molecule has 2 heterocycles. The summed E-state index contributed by atoms with van der Waals surface area (Å²) in [5.74, 6) is 2.07. The number of hydrogen-bond acceptors (Lipinski definition) is 5. The standard InChI is InChI=1S/C25H23BrN2O3S2/c26-16-3-1-2-13(11-16)21-20-14-4-5-15(10-14)22(20)32-24-23(21)33-25(31)28(24)12-19(30)27-17-6-8-18(29)9-7-17/h1-3,6-9,11,14-15,20-22,29H,4-5,10,12H2,(H,27,30)/t14?,15?,20?,21-,22?/m0/s1. The molecule has 3 aromatic rings. The molecule has 1 aromatic heterocycles. The van der Waals surface area contributed by atoms with Crippen LogP contribution in [0.2, 0.25) is 0 Å². The second-order valence-corrected chi connectivity index (χ2v) is 12.3. The first kappa shape index (κ1) is 21.5. The summed E-state index contributed by atoms with van der Waals surface area (Å²) in [6.45, 7) is -0.00473. The Morgan fingerprint density at radius 1 is 1.15 bits per heavy atom. The molecule has 2 N–H and O–H groups in total. The number of thiazole rings is 1. The molecule has 2 fully saturated rings. The molecule has 8 heteroatoms. The van der Waals surface area contributed by atoms with Gasteiger partial charge in [-0.2, -0.15) is 0 Å². The Balaban J connectivity index is 1.37. The first-order chi connectivity index (χ1) is 16.0. The van der Waals surface area contributed by atoms with E-state index in [-0.39, 0.29) is 29.0 Å². The Kier molecular flexibility index (Phi) is 5.42. The van der Waals surface area contributed by atoms with Crippen molar-refractivity contribution in [3.8, 4) is 5.75 Å². The van der Waals surface area contributed by atoms with E-state index >= 15 is 0 Å². The number of phenols is 1. The monoisotopic (exact) mass is 542 g/mol. The van der Waals surface area contributed by atoms with Crippen LogP contribution in [0.5, 0.6) is 5.75 Å². The number of nitrogens with zero attached hydrogens (tertiary/aromatic N) is 1. The van der Waals surface area contributed by atoms with Crippen molar-refractivity contribution in [1.29, 1.82) is 0 Å². The lowest BCUT2D eigenvalue weighted by molar-refractivity contribution is -0.116. The van der Waals surface area contributed by atoms with Gasteiger partial charge in [-0.25, -0.2) is 0 Å². The Hall–Kier alpha value is -2.03. The highest BCUT2D eigenvalue weighted by atomic mass is 79.9. The Bertz CT molecular complexity index is 1290. The van der Waals surface area contributed by atoms with E-state index < -0.39 is 0 Å². The summed E-state index contributed by atoms with van der Waals surface area (Å²) in [5, 5.41) is 13.8. The number of amides is 1. The molecular weight excluding hydrogens is 520 g/mol. The van der Waals surface area contributed by atoms with E-state index in [2.05, 4.69) is 39.4 Å². The van der Waals surface area contributed by atoms with Crippen molar-refractivity contribution in [2.45, 2.75) is 42.0 Å². The van der Waals surface area contributed by atoms with Crippen LogP contribution in [0.1, 0.15) is 35.6 Å². The molecule has 170 valence electrons. The third-order valence-corrected chi connectivity index (χ3v) is 10.7. The number of aromatic nitrogens is 1. The first-order valence-corrected chi connectivity index (χ1v) is 13.7. The molecule has 3 aliphatic rings. The topological polar surface area (TPSA) is 71.3 Å². The van der Waals surface area contributed by atoms with Crippen LogP contribution in [0.15, 0.2) is 62.8 Å². The second-order valence-electron chi connectivity index (χ2n) is 9.24. The smallest absolute Gasteiger partial charge is 0.308 e. The molecule has 1 aliphatic heterocycles. The molecule has 2 aromatic carbocycles. The number of aromatic hydroxyl groups is 1. The second kappa shape index (κ2) is 8.32. The molecule has 0 saturated heterocycles. The molecule has 5 atom stereocenters. The largest absolute Gasteiger partial charge is 0.508 e. The lowest BCUT2D eigenvalue weighted by Crippen LogP contribution is -2.34. The number of rotatable bonds is 4. The average Bonchev–Trinajstić information content (AvgIpc) is 3.48. The highest BCUT2D eigenvalue weighted by Gasteiger charge is 2.55. The van der Waals surface area contributed by atoms with Gasteiger partial charge in [0, 0.05) is 26.2 Å². The number of fused-ring (bicyclic) bond motifs is 6. The molecule has 0 spiro atoms. The number of benzene rings is 2. The van der Waals surface area contributed by atoms with Crippen LogP contribution in [0.4, 0.5) is 5.69 Å². The van der Waals surface area contributed by atoms with E-state index in [4.69, 9.17) is 0 Å². The van der Waals surface area contributed by atoms with Gasteiger partial charge in [0.2, 0.25) is 5.91 Å². The van der Waals surface area contributed by atoms with E-state index in [1.165, 1.54) is 48.3 Å². The maximum absolute atomic E-state index is 13.1. The zero-order chi connectivity index (χ0) is 22.7. The zero-order valence-electron chi connectivity index (χ0n) is 17.7. The Labute approximate surface area is 208 Å². The van der Waals surface area contributed by atoms with Gasteiger partial charge in [-0.1, -0.05) is 39.4 Å². The molecule has 5 nitrogen and oxygen atoms in total. The van der Waals surface area contributed by atoms with Crippen molar-refractivity contribution in [2.24, 2.45) is 17.8 Å². The van der Waals surface area contributed by atoms with Crippen molar-refractivity contribution >= 4 is 50.6 Å². The normalized spacial score (nSPS) is 27.2. The Morgan fingerprint density at radius 2 is 1.94 bits per heavy atom. The lowest BCUT2D eigenvalue weighted by atomic mass is 9.75. The van der Waals surface area contributed by atoms with Gasteiger partial charge in [-0.15, -0.1) is 11.8 Å². The number of phenolic OH excluding ortho intramolecular Hbond substituents is 1. The zero-order valence-corrected chi connectivity index (χ0v) is 21.0. The van der Waals surface area contributed by atoms with Gasteiger partial charge >= 0.3 is 4.87 Å². The third-order valence-electron chi connectivity index (χ3n) is 7.35. The van der Waals surface area contributed by atoms with Crippen molar-refractivity contribution in [3.63, 3.8) is 0 Å². The number of halogens is 1. The fourth-order valence-corrected chi connectivity index (χ4v) is 9.62. The van der Waals surface area contributed by atoms with Crippen LogP contribution in [-0.2, 0) is 11.3 Å². The van der Waals surface area contributed by atoms with E-state index in [0.29, 0.717) is 28.7 Å².